The molecule has 0 heterocycles. The summed E-state index contributed by atoms with van der Waals surface area (Å²) >= 11 is 3.42. The van der Waals surface area contributed by atoms with E-state index in [-0.39, 0.29) is 0 Å². The minimum absolute atomic E-state index is 0.374. The smallest absolute Gasteiger partial charge is 0.329 e. The Morgan fingerprint density at radius 3 is 2.65 bits per heavy atom. The average molecular weight is 386 g/mol. The van der Waals surface area contributed by atoms with Crippen LogP contribution in [0.3, 0.4) is 0 Å². The molecule has 2 amide bonds. The fourth-order valence-corrected chi connectivity index (χ4v) is 2.19. The summed E-state index contributed by atoms with van der Waals surface area (Å²) in [6.45, 7) is 4.68. The minimum atomic E-state index is -0.822. The van der Waals surface area contributed by atoms with Gasteiger partial charge >= 0.3 is 11.8 Å². The van der Waals surface area contributed by atoms with Gasteiger partial charge in [0.25, 0.3) is 0 Å². The van der Waals surface area contributed by atoms with E-state index in [0.29, 0.717) is 34.7 Å². The number of halogens is 1. The number of hydrogen-bond acceptors (Lipinski definition) is 5. The van der Waals surface area contributed by atoms with Crippen molar-refractivity contribution in [1.82, 2.24) is 10.7 Å². The van der Waals surface area contributed by atoms with Crippen LogP contribution >= 0.6 is 15.9 Å². The average Bonchev–Trinajstić information content (AvgIpc) is 2.53. The van der Waals surface area contributed by atoms with Gasteiger partial charge < -0.3 is 14.8 Å². The van der Waals surface area contributed by atoms with Gasteiger partial charge in [-0.2, -0.15) is 5.10 Å². The van der Waals surface area contributed by atoms with Crippen molar-refractivity contribution in [1.29, 1.82) is 0 Å². The second kappa shape index (κ2) is 9.83. The number of carbonyl (C=O) groups excluding carboxylic acids is 2. The molecule has 0 saturated heterocycles. The Labute approximate surface area is 143 Å². The lowest BCUT2D eigenvalue weighted by Gasteiger charge is -2.12. The first-order valence-electron chi connectivity index (χ1n) is 7.15. The van der Waals surface area contributed by atoms with Crippen molar-refractivity contribution in [2.45, 2.75) is 20.3 Å². The highest BCUT2D eigenvalue weighted by Gasteiger charge is 2.12. The monoisotopic (exact) mass is 385 g/mol. The van der Waals surface area contributed by atoms with Crippen LogP contribution in [0, 0.1) is 0 Å². The lowest BCUT2D eigenvalue weighted by molar-refractivity contribution is -0.139. The van der Waals surface area contributed by atoms with Crippen LogP contribution in [0.15, 0.2) is 21.7 Å². The summed E-state index contributed by atoms with van der Waals surface area (Å²) in [7, 11) is 1.54. The van der Waals surface area contributed by atoms with Crippen LogP contribution in [0.2, 0.25) is 0 Å². The lowest BCUT2D eigenvalue weighted by atomic mass is 10.2. The van der Waals surface area contributed by atoms with Crippen LogP contribution in [0.5, 0.6) is 11.5 Å². The molecule has 0 bridgehead atoms. The second-order valence-electron chi connectivity index (χ2n) is 4.44. The SMILES string of the molecule is CCCOc1c(Br)cc(/C=N\NC(=O)C(=O)NCC)cc1OC. The molecule has 0 atom stereocenters. The van der Waals surface area contributed by atoms with Gasteiger partial charge in [-0.3, -0.25) is 9.59 Å². The van der Waals surface area contributed by atoms with Gasteiger partial charge in [0, 0.05) is 6.54 Å². The van der Waals surface area contributed by atoms with E-state index in [1.54, 1.807) is 26.2 Å². The minimum Gasteiger partial charge on any atom is -0.493 e. The zero-order chi connectivity index (χ0) is 17.2. The zero-order valence-corrected chi connectivity index (χ0v) is 14.9. The number of nitrogens with zero attached hydrogens (tertiary/aromatic N) is 1. The van der Waals surface area contributed by atoms with E-state index < -0.39 is 11.8 Å². The topological polar surface area (TPSA) is 89.0 Å². The molecule has 8 heteroatoms. The zero-order valence-electron chi connectivity index (χ0n) is 13.3. The molecule has 0 aliphatic carbocycles. The molecule has 0 spiro atoms. The standard InChI is InChI=1S/C15H20BrN3O4/c1-4-6-23-13-11(16)7-10(8-12(13)22-3)9-18-19-15(21)14(20)17-5-2/h7-9H,4-6H2,1-3H3,(H,17,20)(H,19,21)/b18-9-. The lowest BCUT2D eigenvalue weighted by Crippen LogP contribution is -2.37. The van der Waals surface area contributed by atoms with Gasteiger partial charge in [0.1, 0.15) is 0 Å². The number of ether oxygens (including phenoxy) is 2. The number of nitrogens with one attached hydrogen (secondary N) is 2. The molecular formula is C15H20BrN3O4. The predicted molar refractivity (Wildman–Crippen MR) is 90.9 cm³/mol. The number of rotatable bonds is 7. The highest BCUT2D eigenvalue weighted by Crippen LogP contribution is 2.36. The van der Waals surface area contributed by atoms with Crippen molar-refractivity contribution >= 4 is 34.0 Å². The molecule has 0 saturated carbocycles. The molecule has 2 N–H and O–H groups in total. The molecule has 1 rings (SSSR count). The largest absolute Gasteiger partial charge is 0.493 e. The molecule has 7 nitrogen and oxygen atoms in total. The van der Waals surface area contributed by atoms with Crippen molar-refractivity contribution in [2.75, 3.05) is 20.3 Å². The Morgan fingerprint density at radius 1 is 1.30 bits per heavy atom. The molecule has 0 radical (unpaired) electrons. The number of methoxy groups -OCH3 is 1. The van der Waals surface area contributed by atoms with Crippen LogP contribution in [-0.2, 0) is 9.59 Å². The molecule has 0 fully saturated rings. The van der Waals surface area contributed by atoms with E-state index in [1.807, 2.05) is 6.92 Å². The fraction of sp³-hybridized carbons (Fsp3) is 0.400. The van der Waals surface area contributed by atoms with Crippen LogP contribution in [0.1, 0.15) is 25.8 Å². The van der Waals surface area contributed by atoms with Crippen LogP contribution in [0.25, 0.3) is 0 Å². The fourth-order valence-electron chi connectivity index (χ4n) is 1.62. The van der Waals surface area contributed by atoms with E-state index >= 15 is 0 Å². The Balaban J connectivity index is 2.81. The summed E-state index contributed by atoms with van der Waals surface area (Å²) in [5.74, 6) is -0.397. The van der Waals surface area contributed by atoms with Gasteiger partial charge in [0.05, 0.1) is 24.4 Å². The van der Waals surface area contributed by atoms with Gasteiger partial charge in [-0.1, -0.05) is 6.92 Å². The molecule has 1 aromatic rings. The van der Waals surface area contributed by atoms with Gasteiger partial charge in [0.15, 0.2) is 11.5 Å². The van der Waals surface area contributed by atoms with E-state index in [1.165, 1.54) is 6.21 Å². The summed E-state index contributed by atoms with van der Waals surface area (Å²) in [6.07, 6.45) is 2.29. The Morgan fingerprint density at radius 2 is 2.04 bits per heavy atom. The Kier molecular flexibility index (Phi) is 8.10. The van der Waals surface area contributed by atoms with E-state index in [4.69, 9.17) is 9.47 Å². The molecule has 0 aliphatic rings. The maximum atomic E-state index is 11.4. The van der Waals surface area contributed by atoms with Crippen molar-refractivity contribution in [3.8, 4) is 11.5 Å². The summed E-state index contributed by atoms with van der Waals surface area (Å²) in [5.41, 5.74) is 2.83. The highest BCUT2D eigenvalue weighted by atomic mass is 79.9. The van der Waals surface area contributed by atoms with Crippen molar-refractivity contribution < 1.29 is 19.1 Å². The third-order valence-corrected chi connectivity index (χ3v) is 3.21. The first-order chi connectivity index (χ1) is 11.0. The third-order valence-electron chi connectivity index (χ3n) is 2.63. The van der Waals surface area contributed by atoms with Crippen molar-refractivity contribution in [3.05, 3.63) is 22.2 Å². The number of amides is 2. The summed E-state index contributed by atoms with van der Waals surface area (Å²) in [6, 6.07) is 3.49. The molecular weight excluding hydrogens is 366 g/mol. The first-order valence-corrected chi connectivity index (χ1v) is 7.94. The second-order valence-corrected chi connectivity index (χ2v) is 5.30. The molecule has 0 unspecified atom stereocenters. The summed E-state index contributed by atoms with van der Waals surface area (Å²) in [5, 5.41) is 6.13. The first kappa shape index (κ1) is 19.0. The normalized spacial score (nSPS) is 10.4. The number of hydrogen-bond donors (Lipinski definition) is 2. The van der Waals surface area contributed by atoms with Crippen LogP contribution in [-0.4, -0.2) is 38.3 Å². The quantitative estimate of drug-likeness (QED) is 0.425. The van der Waals surface area contributed by atoms with E-state index in [2.05, 4.69) is 31.8 Å². The number of hydrazone groups is 1. The van der Waals surface area contributed by atoms with Gasteiger partial charge in [-0.15, -0.1) is 0 Å². The van der Waals surface area contributed by atoms with Crippen LogP contribution in [0.4, 0.5) is 0 Å². The molecule has 126 valence electrons. The number of benzene rings is 1. The number of likely N-dealkylation sites (N-methyl/N-ethyl adjacent to an activating group) is 1. The maximum absolute atomic E-state index is 11.4. The van der Waals surface area contributed by atoms with Gasteiger partial charge in [0.2, 0.25) is 0 Å². The van der Waals surface area contributed by atoms with Crippen LogP contribution < -0.4 is 20.2 Å². The Hall–Kier alpha value is -2.09. The molecule has 0 aromatic heterocycles. The van der Waals surface area contributed by atoms with Crippen molar-refractivity contribution in [2.24, 2.45) is 5.10 Å². The maximum Gasteiger partial charge on any atom is 0.329 e. The third kappa shape index (κ3) is 5.90. The van der Waals surface area contributed by atoms with E-state index in [9.17, 15) is 9.59 Å². The van der Waals surface area contributed by atoms with Gasteiger partial charge in [-0.05, 0) is 47.0 Å². The van der Waals surface area contributed by atoms with Crippen molar-refractivity contribution in [3.63, 3.8) is 0 Å². The molecule has 1 aromatic carbocycles. The number of carbonyl (C=O) groups is 2. The van der Waals surface area contributed by atoms with E-state index in [0.717, 1.165) is 6.42 Å². The molecule has 0 aliphatic heterocycles. The predicted octanol–water partition coefficient (Wildman–Crippen LogP) is 1.83. The summed E-state index contributed by atoms with van der Waals surface area (Å²) < 4.78 is 11.6. The van der Waals surface area contributed by atoms with Gasteiger partial charge in [-0.25, -0.2) is 5.43 Å². The summed E-state index contributed by atoms with van der Waals surface area (Å²) in [4.78, 5) is 22.6. The Bertz CT molecular complexity index is 590. The molecule has 23 heavy (non-hydrogen) atoms. The highest BCUT2D eigenvalue weighted by molar-refractivity contribution is 9.10.